The van der Waals surface area contributed by atoms with Gasteiger partial charge in [-0.3, -0.25) is 4.79 Å². The maximum Gasteiger partial charge on any atom is 0.337 e. The largest absolute Gasteiger partial charge is 0.465 e. The maximum atomic E-state index is 13.2. The molecule has 2 heterocycles. The van der Waals surface area contributed by atoms with Gasteiger partial charge in [-0.2, -0.15) is 0 Å². The van der Waals surface area contributed by atoms with Gasteiger partial charge in [-0.25, -0.2) is 4.79 Å². The molecule has 0 bridgehead atoms. The third-order valence-corrected chi connectivity index (χ3v) is 6.61. The zero-order valence-electron chi connectivity index (χ0n) is 18.4. The van der Waals surface area contributed by atoms with Gasteiger partial charge in [0.1, 0.15) is 0 Å². The van der Waals surface area contributed by atoms with Crippen molar-refractivity contribution in [2.24, 2.45) is 5.92 Å². The molecule has 2 aromatic carbocycles. The van der Waals surface area contributed by atoms with Gasteiger partial charge in [0.05, 0.1) is 18.2 Å². The number of benzene rings is 2. The molecule has 0 aliphatic rings. The fraction of sp³-hybridized carbons (Fsp3) is 0.308. The molecule has 0 amide bonds. The van der Waals surface area contributed by atoms with Crippen LogP contribution in [-0.2, 0) is 17.7 Å². The van der Waals surface area contributed by atoms with Crippen LogP contribution in [0.5, 0.6) is 0 Å². The van der Waals surface area contributed by atoms with Crippen LogP contribution in [0, 0.1) is 5.92 Å². The molecule has 0 radical (unpaired) electrons. The van der Waals surface area contributed by atoms with Gasteiger partial charge in [0.25, 0.3) is 0 Å². The van der Waals surface area contributed by atoms with Crippen molar-refractivity contribution >= 4 is 44.1 Å². The Morgan fingerprint density at radius 2 is 1.90 bits per heavy atom. The second-order valence-electron chi connectivity index (χ2n) is 8.19. The number of ether oxygens (including phenoxy) is 1. The highest BCUT2D eigenvalue weighted by atomic mass is 32.1. The summed E-state index contributed by atoms with van der Waals surface area (Å²) in [6.07, 6.45) is 1.73. The molecule has 0 aliphatic heterocycles. The molecule has 4 nitrogen and oxygen atoms in total. The molecule has 0 saturated heterocycles. The van der Waals surface area contributed by atoms with Crippen LogP contribution in [0.25, 0.3) is 21.0 Å². The minimum absolute atomic E-state index is 0.0999. The van der Waals surface area contributed by atoms with Crippen LogP contribution in [0.3, 0.4) is 0 Å². The van der Waals surface area contributed by atoms with Crippen LogP contribution in [0.1, 0.15) is 59.2 Å². The number of hydrogen-bond acceptors (Lipinski definition) is 4. The van der Waals surface area contributed by atoms with Crippen LogP contribution in [0.2, 0.25) is 0 Å². The minimum Gasteiger partial charge on any atom is -0.465 e. The van der Waals surface area contributed by atoms with Gasteiger partial charge < -0.3 is 9.30 Å². The van der Waals surface area contributed by atoms with Crippen molar-refractivity contribution in [2.75, 3.05) is 7.11 Å². The average Bonchev–Trinajstić information content (AvgIpc) is 3.35. The van der Waals surface area contributed by atoms with Gasteiger partial charge in [0.15, 0.2) is 5.78 Å². The van der Waals surface area contributed by atoms with Gasteiger partial charge in [-0.15, -0.1) is 11.3 Å². The number of rotatable bonds is 7. The monoisotopic (exact) mass is 433 g/mol. The summed E-state index contributed by atoms with van der Waals surface area (Å²) in [6.45, 7) is 6.65. The van der Waals surface area contributed by atoms with Crippen molar-refractivity contribution in [1.82, 2.24) is 4.57 Å². The van der Waals surface area contributed by atoms with Gasteiger partial charge in [-0.1, -0.05) is 39.3 Å². The van der Waals surface area contributed by atoms with E-state index in [9.17, 15) is 9.59 Å². The lowest BCUT2D eigenvalue weighted by Crippen LogP contribution is -2.12. The summed E-state index contributed by atoms with van der Waals surface area (Å²) in [5.74, 6) is -0.327. The second-order valence-corrected chi connectivity index (χ2v) is 9.14. The van der Waals surface area contributed by atoms with E-state index in [0.29, 0.717) is 12.1 Å². The lowest BCUT2D eigenvalue weighted by Gasteiger charge is -2.13. The molecule has 4 rings (SSSR count). The van der Waals surface area contributed by atoms with E-state index < -0.39 is 0 Å². The van der Waals surface area contributed by atoms with Crippen LogP contribution in [0.15, 0.2) is 47.8 Å². The Morgan fingerprint density at radius 3 is 2.61 bits per heavy atom. The van der Waals surface area contributed by atoms with Crippen LogP contribution >= 0.6 is 11.3 Å². The molecule has 0 unspecified atom stereocenters. The number of carbonyl (C=O) groups excluding carboxylic acids is 2. The number of esters is 1. The van der Waals surface area contributed by atoms with Crippen molar-refractivity contribution < 1.29 is 14.3 Å². The summed E-state index contributed by atoms with van der Waals surface area (Å²) in [6, 6.07) is 14.2. The van der Waals surface area contributed by atoms with Gasteiger partial charge >= 0.3 is 5.97 Å². The van der Waals surface area contributed by atoms with Crippen molar-refractivity contribution in [1.29, 1.82) is 0 Å². The van der Waals surface area contributed by atoms with E-state index >= 15 is 0 Å². The van der Waals surface area contributed by atoms with E-state index in [1.807, 2.05) is 26.0 Å². The highest BCUT2D eigenvalue weighted by Crippen LogP contribution is 2.32. The zero-order chi connectivity index (χ0) is 22.1. The van der Waals surface area contributed by atoms with E-state index in [-0.39, 0.29) is 17.7 Å². The van der Waals surface area contributed by atoms with Crippen LogP contribution in [0.4, 0.5) is 0 Å². The molecule has 0 spiro atoms. The first-order chi connectivity index (χ1) is 14.9. The molecule has 160 valence electrons. The molecule has 4 aromatic rings. The normalized spacial score (nSPS) is 11.5. The first-order valence-electron chi connectivity index (χ1n) is 10.7. The SMILES string of the molecule is CCCc1c(C(=O)C(C)C)c2ccc(C(=O)OC)cc2n1Cc1ccc2sccc2c1. The quantitative estimate of drug-likeness (QED) is 0.247. The van der Waals surface area contributed by atoms with Crippen molar-refractivity contribution in [3.8, 4) is 0 Å². The molecule has 0 fully saturated rings. The second kappa shape index (κ2) is 8.67. The summed E-state index contributed by atoms with van der Waals surface area (Å²) in [7, 11) is 1.39. The average molecular weight is 434 g/mol. The first-order valence-corrected chi connectivity index (χ1v) is 11.6. The summed E-state index contributed by atoms with van der Waals surface area (Å²) in [5, 5.41) is 4.24. The summed E-state index contributed by atoms with van der Waals surface area (Å²) in [4.78, 5) is 25.4. The van der Waals surface area contributed by atoms with Gasteiger partial charge in [0.2, 0.25) is 0 Å². The maximum absolute atomic E-state index is 13.2. The fourth-order valence-electron chi connectivity index (χ4n) is 4.19. The minimum atomic E-state index is -0.372. The lowest BCUT2D eigenvalue weighted by molar-refractivity contribution is 0.0600. The highest BCUT2D eigenvalue weighted by molar-refractivity contribution is 7.17. The highest BCUT2D eigenvalue weighted by Gasteiger charge is 2.25. The molecular weight excluding hydrogens is 406 g/mol. The molecule has 2 aromatic heterocycles. The van der Waals surface area contributed by atoms with E-state index in [4.69, 9.17) is 4.74 Å². The number of fused-ring (bicyclic) bond motifs is 2. The van der Waals surface area contributed by atoms with Crippen molar-refractivity contribution in [3.63, 3.8) is 0 Å². The zero-order valence-corrected chi connectivity index (χ0v) is 19.2. The smallest absolute Gasteiger partial charge is 0.337 e. The van der Waals surface area contributed by atoms with E-state index in [0.717, 1.165) is 35.0 Å². The Morgan fingerprint density at radius 1 is 1.10 bits per heavy atom. The van der Waals surface area contributed by atoms with Gasteiger partial charge in [0, 0.05) is 33.8 Å². The van der Waals surface area contributed by atoms with E-state index in [2.05, 4.69) is 41.1 Å². The number of methoxy groups -OCH3 is 1. The molecule has 0 N–H and O–H groups in total. The number of hydrogen-bond donors (Lipinski definition) is 0. The molecule has 0 saturated carbocycles. The Hall–Kier alpha value is -2.92. The molecule has 5 heteroatoms. The first kappa shape index (κ1) is 21.3. The van der Waals surface area contributed by atoms with Crippen molar-refractivity contribution in [3.05, 3.63) is 70.2 Å². The standard InChI is InChI=1S/C26H27NO3S/c1-5-6-21-24(25(28)16(2)3)20-9-8-19(26(29)30-4)14-22(20)27(21)15-17-7-10-23-18(13-17)11-12-31-23/h7-14,16H,5-6,15H2,1-4H3. The van der Waals surface area contributed by atoms with Gasteiger partial charge in [-0.05, 0) is 53.1 Å². The Bertz CT molecular complexity index is 1280. The molecular formula is C26H27NO3S. The molecule has 0 atom stereocenters. The van der Waals surface area contributed by atoms with Crippen LogP contribution < -0.4 is 0 Å². The number of nitrogens with zero attached hydrogens (tertiary/aromatic N) is 1. The Kier molecular flexibility index (Phi) is 5.96. The topological polar surface area (TPSA) is 48.3 Å². The fourth-order valence-corrected chi connectivity index (χ4v) is 4.96. The Balaban J connectivity index is 1.95. The Labute approximate surface area is 186 Å². The van der Waals surface area contributed by atoms with E-state index in [1.165, 1.54) is 22.8 Å². The van der Waals surface area contributed by atoms with E-state index in [1.54, 1.807) is 17.4 Å². The third kappa shape index (κ3) is 3.90. The summed E-state index contributed by atoms with van der Waals surface area (Å²) in [5.41, 5.74) is 4.41. The number of aromatic nitrogens is 1. The summed E-state index contributed by atoms with van der Waals surface area (Å²) < 4.78 is 8.42. The number of Topliss-reactive ketones (excluding diaryl/α,β-unsaturated/α-hetero) is 1. The third-order valence-electron chi connectivity index (χ3n) is 5.71. The van der Waals surface area contributed by atoms with Crippen LogP contribution in [-0.4, -0.2) is 23.4 Å². The molecule has 31 heavy (non-hydrogen) atoms. The number of carbonyl (C=O) groups is 2. The predicted octanol–water partition coefficient (Wildman–Crippen LogP) is 6.48. The molecule has 0 aliphatic carbocycles. The predicted molar refractivity (Wildman–Crippen MR) is 127 cm³/mol. The summed E-state index contributed by atoms with van der Waals surface area (Å²) >= 11 is 1.73. The number of ketones is 1. The number of thiophene rings is 1. The van der Waals surface area contributed by atoms with Crippen molar-refractivity contribution in [2.45, 2.75) is 40.2 Å². The lowest BCUT2D eigenvalue weighted by atomic mass is 9.96.